The lowest BCUT2D eigenvalue weighted by Crippen LogP contribution is -2.26. The third-order valence-electron chi connectivity index (χ3n) is 4.05. The fraction of sp³-hybridized carbons (Fsp3) is 0.286. The summed E-state index contributed by atoms with van der Waals surface area (Å²) in [6.45, 7) is 2.00. The van der Waals surface area contributed by atoms with E-state index in [1.165, 1.54) is 14.2 Å². The highest BCUT2D eigenvalue weighted by Gasteiger charge is 2.11. The van der Waals surface area contributed by atoms with Gasteiger partial charge in [-0.15, -0.1) is 0 Å². The third kappa shape index (κ3) is 6.53. The molecule has 0 heterocycles. The number of rotatable bonds is 9. The van der Waals surface area contributed by atoms with Crippen molar-refractivity contribution in [3.05, 3.63) is 53.6 Å². The first kappa shape index (κ1) is 21.7. The number of nitrogens with zero attached hydrogens (tertiary/aromatic N) is 1. The number of hydrogen-bond donors (Lipinski definition) is 2. The highest BCUT2D eigenvalue weighted by Crippen LogP contribution is 2.22. The molecule has 2 aromatic carbocycles. The normalized spacial score (nSPS) is 10.8. The van der Waals surface area contributed by atoms with Gasteiger partial charge in [-0.1, -0.05) is 18.2 Å². The molecule has 0 saturated heterocycles. The molecule has 0 spiro atoms. The Kier molecular flexibility index (Phi) is 8.02. The SMILES string of the molecule is COc1cc(OC)cc(C(=O)N/N=C(/C)CC(=O)NCc2ccccc2OC)c1. The Balaban J connectivity index is 1.91. The molecule has 0 aliphatic rings. The molecule has 0 radical (unpaired) electrons. The van der Waals surface area contributed by atoms with Gasteiger partial charge in [0.15, 0.2) is 0 Å². The minimum absolute atomic E-state index is 0.0524. The van der Waals surface area contributed by atoms with Crippen LogP contribution in [-0.4, -0.2) is 38.9 Å². The van der Waals surface area contributed by atoms with Crippen molar-refractivity contribution in [2.24, 2.45) is 5.10 Å². The topological polar surface area (TPSA) is 98.3 Å². The minimum atomic E-state index is -0.434. The maximum atomic E-state index is 12.3. The van der Waals surface area contributed by atoms with E-state index in [0.717, 1.165) is 5.56 Å². The van der Waals surface area contributed by atoms with Crippen molar-refractivity contribution in [2.75, 3.05) is 21.3 Å². The zero-order valence-electron chi connectivity index (χ0n) is 16.9. The summed E-state index contributed by atoms with van der Waals surface area (Å²) in [5.41, 5.74) is 4.11. The molecule has 0 fully saturated rings. The number of para-hydroxylation sites is 1. The molecule has 8 heteroatoms. The molecule has 0 saturated carbocycles. The lowest BCUT2D eigenvalue weighted by molar-refractivity contribution is -0.120. The van der Waals surface area contributed by atoms with Crippen LogP contribution >= 0.6 is 0 Å². The van der Waals surface area contributed by atoms with Crippen molar-refractivity contribution in [1.29, 1.82) is 0 Å². The Bertz CT molecular complexity index is 873. The zero-order valence-corrected chi connectivity index (χ0v) is 16.9. The molecule has 0 aliphatic carbocycles. The van der Waals surface area contributed by atoms with E-state index < -0.39 is 5.91 Å². The number of carbonyl (C=O) groups excluding carboxylic acids is 2. The summed E-state index contributed by atoms with van der Waals surface area (Å²) < 4.78 is 15.6. The van der Waals surface area contributed by atoms with Gasteiger partial charge in [-0.3, -0.25) is 9.59 Å². The lowest BCUT2D eigenvalue weighted by Gasteiger charge is -2.10. The Morgan fingerprint density at radius 1 is 0.966 bits per heavy atom. The van der Waals surface area contributed by atoms with Crippen molar-refractivity contribution in [1.82, 2.24) is 10.7 Å². The largest absolute Gasteiger partial charge is 0.497 e. The van der Waals surface area contributed by atoms with Crippen LogP contribution in [-0.2, 0) is 11.3 Å². The van der Waals surface area contributed by atoms with Gasteiger partial charge in [0.2, 0.25) is 5.91 Å². The first-order valence-electron chi connectivity index (χ1n) is 8.92. The van der Waals surface area contributed by atoms with E-state index in [4.69, 9.17) is 14.2 Å². The molecular formula is C21H25N3O5. The molecular weight excluding hydrogens is 374 g/mol. The molecule has 0 bridgehead atoms. The summed E-state index contributed by atoms with van der Waals surface area (Å²) in [7, 11) is 4.59. The van der Waals surface area contributed by atoms with Gasteiger partial charge in [-0.2, -0.15) is 5.10 Å². The van der Waals surface area contributed by atoms with Gasteiger partial charge in [0.05, 0.1) is 27.8 Å². The van der Waals surface area contributed by atoms with E-state index in [0.29, 0.717) is 35.1 Å². The summed E-state index contributed by atoms with van der Waals surface area (Å²) in [5.74, 6) is 1.04. The van der Waals surface area contributed by atoms with Gasteiger partial charge in [-0.25, -0.2) is 5.43 Å². The van der Waals surface area contributed by atoms with Gasteiger partial charge in [0, 0.05) is 29.4 Å². The van der Waals surface area contributed by atoms with Crippen LogP contribution in [0, 0.1) is 0 Å². The Morgan fingerprint density at radius 2 is 1.62 bits per heavy atom. The lowest BCUT2D eigenvalue weighted by atomic mass is 10.2. The van der Waals surface area contributed by atoms with Crippen molar-refractivity contribution in [3.8, 4) is 17.2 Å². The van der Waals surface area contributed by atoms with Crippen LogP contribution in [0.25, 0.3) is 0 Å². The number of hydrogen-bond acceptors (Lipinski definition) is 6. The number of amides is 2. The molecule has 2 N–H and O–H groups in total. The van der Waals surface area contributed by atoms with Crippen LogP contribution in [0.1, 0.15) is 29.3 Å². The highest BCUT2D eigenvalue weighted by atomic mass is 16.5. The van der Waals surface area contributed by atoms with Crippen molar-refractivity contribution < 1.29 is 23.8 Å². The van der Waals surface area contributed by atoms with E-state index in [-0.39, 0.29) is 12.3 Å². The van der Waals surface area contributed by atoms with Gasteiger partial charge >= 0.3 is 0 Å². The molecule has 0 atom stereocenters. The number of hydrazone groups is 1. The molecule has 0 aromatic heterocycles. The van der Waals surface area contributed by atoms with Gasteiger partial charge < -0.3 is 19.5 Å². The zero-order chi connectivity index (χ0) is 21.2. The predicted molar refractivity (Wildman–Crippen MR) is 110 cm³/mol. The molecule has 0 aliphatic heterocycles. The summed E-state index contributed by atoms with van der Waals surface area (Å²) in [6.07, 6.45) is 0.0524. The predicted octanol–water partition coefficient (Wildman–Crippen LogP) is 2.52. The summed E-state index contributed by atoms with van der Waals surface area (Å²) in [5, 5.41) is 6.80. The average molecular weight is 399 g/mol. The summed E-state index contributed by atoms with van der Waals surface area (Å²) in [6, 6.07) is 12.3. The van der Waals surface area contributed by atoms with Gasteiger partial charge in [0.25, 0.3) is 5.91 Å². The number of benzene rings is 2. The van der Waals surface area contributed by atoms with E-state index in [2.05, 4.69) is 15.8 Å². The summed E-state index contributed by atoms with van der Waals surface area (Å²) >= 11 is 0. The molecule has 2 amide bonds. The quantitative estimate of drug-likeness (QED) is 0.499. The van der Waals surface area contributed by atoms with Gasteiger partial charge in [0.1, 0.15) is 17.2 Å². The first-order chi connectivity index (χ1) is 14.0. The second-order valence-corrected chi connectivity index (χ2v) is 6.15. The van der Waals surface area contributed by atoms with E-state index >= 15 is 0 Å². The molecule has 2 aromatic rings. The molecule has 8 nitrogen and oxygen atoms in total. The monoisotopic (exact) mass is 399 g/mol. The van der Waals surface area contributed by atoms with Crippen LogP contribution in [0.15, 0.2) is 47.6 Å². The second kappa shape index (κ2) is 10.7. The van der Waals surface area contributed by atoms with Crippen LogP contribution < -0.4 is 25.0 Å². The highest BCUT2D eigenvalue weighted by molar-refractivity contribution is 6.01. The summed E-state index contributed by atoms with van der Waals surface area (Å²) in [4.78, 5) is 24.4. The molecule has 29 heavy (non-hydrogen) atoms. The number of methoxy groups -OCH3 is 3. The van der Waals surface area contributed by atoms with Crippen LogP contribution in [0.3, 0.4) is 0 Å². The fourth-order valence-corrected chi connectivity index (χ4v) is 2.53. The number of nitrogens with one attached hydrogen (secondary N) is 2. The van der Waals surface area contributed by atoms with Gasteiger partial charge in [-0.05, 0) is 25.1 Å². The average Bonchev–Trinajstić information content (AvgIpc) is 2.75. The molecule has 154 valence electrons. The number of carbonyl (C=O) groups is 2. The second-order valence-electron chi connectivity index (χ2n) is 6.15. The Labute approximate surface area is 169 Å². The maximum Gasteiger partial charge on any atom is 0.271 e. The third-order valence-corrected chi connectivity index (χ3v) is 4.05. The van der Waals surface area contributed by atoms with Crippen molar-refractivity contribution in [3.63, 3.8) is 0 Å². The Hall–Kier alpha value is -3.55. The van der Waals surface area contributed by atoms with E-state index in [1.54, 1.807) is 32.2 Å². The van der Waals surface area contributed by atoms with Crippen LogP contribution in [0.2, 0.25) is 0 Å². The fourth-order valence-electron chi connectivity index (χ4n) is 2.53. The Morgan fingerprint density at radius 3 is 2.24 bits per heavy atom. The minimum Gasteiger partial charge on any atom is -0.497 e. The first-order valence-corrected chi connectivity index (χ1v) is 8.92. The van der Waals surface area contributed by atoms with Crippen molar-refractivity contribution >= 4 is 17.5 Å². The smallest absolute Gasteiger partial charge is 0.271 e. The standard InChI is InChI=1S/C21H25N3O5/c1-14(9-20(25)22-13-15-7-5-6-8-19(15)29-4)23-24-21(26)16-10-17(27-2)12-18(11-16)28-3/h5-8,10-12H,9,13H2,1-4H3,(H,22,25)(H,24,26)/b23-14-. The van der Waals surface area contributed by atoms with Crippen molar-refractivity contribution in [2.45, 2.75) is 19.9 Å². The molecule has 0 unspecified atom stereocenters. The molecule has 2 rings (SSSR count). The number of ether oxygens (including phenoxy) is 3. The van der Waals surface area contributed by atoms with Crippen LogP contribution in [0.4, 0.5) is 0 Å². The van der Waals surface area contributed by atoms with E-state index in [1.807, 2.05) is 24.3 Å². The van der Waals surface area contributed by atoms with Crippen LogP contribution in [0.5, 0.6) is 17.2 Å². The van der Waals surface area contributed by atoms with E-state index in [9.17, 15) is 9.59 Å². The maximum absolute atomic E-state index is 12.3.